The van der Waals surface area contributed by atoms with Crippen molar-refractivity contribution in [3.63, 3.8) is 0 Å². The lowest BCUT2D eigenvalue weighted by Gasteiger charge is -2.33. The molecular weight excluding hydrogens is 328 g/mol. The zero-order valence-corrected chi connectivity index (χ0v) is 14.6. The maximum atomic E-state index is 12.4. The van der Waals surface area contributed by atoms with Crippen LogP contribution >= 0.6 is 0 Å². The fourth-order valence-electron chi connectivity index (χ4n) is 4.16. The van der Waals surface area contributed by atoms with E-state index >= 15 is 0 Å². The SMILES string of the molecule is NC(=O)[C@H]1c2ccccc2CC1(C[C@@H](O)CCc1ccccc1)C(N)=O. The molecule has 1 unspecified atom stereocenters. The van der Waals surface area contributed by atoms with Gasteiger partial charge in [-0.25, -0.2) is 0 Å². The standard InChI is InChI=1S/C21H24N2O3/c22-19(25)18-17-9-5-4-8-15(17)12-21(18,20(23)26)13-16(24)11-10-14-6-2-1-3-7-14/h1-9,16,18,24H,10-13H2,(H2,22,25)(H2,23,26)/t16-,18+,21?/m0/s1. The van der Waals surface area contributed by atoms with Gasteiger partial charge in [-0.05, 0) is 42.4 Å². The number of aliphatic hydroxyl groups is 1. The molecule has 0 aliphatic heterocycles. The zero-order valence-electron chi connectivity index (χ0n) is 14.6. The van der Waals surface area contributed by atoms with Gasteiger partial charge in [-0.3, -0.25) is 9.59 Å². The fraction of sp³-hybridized carbons (Fsp3) is 0.333. The molecule has 1 aliphatic carbocycles. The molecule has 5 heteroatoms. The predicted octanol–water partition coefficient (Wildman–Crippen LogP) is 1.67. The predicted molar refractivity (Wildman–Crippen MR) is 99.1 cm³/mol. The van der Waals surface area contributed by atoms with Crippen LogP contribution in [0.25, 0.3) is 0 Å². The molecule has 5 N–H and O–H groups in total. The Labute approximate surface area is 153 Å². The highest BCUT2D eigenvalue weighted by Crippen LogP contribution is 2.50. The number of primary amides is 2. The van der Waals surface area contributed by atoms with Crippen molar-refractivity contribution in [3.05, 3.63) is 71.3 Å². The molecule has 0 aromatic heterocycles. The molecule has 0 saturated heterocycles. The molecule has 136 valence electrons. The van der Waals surface area contributed by atoms with Gasteiger partial charge in [0, 0.05) is 0 Å². The van der Waals surface area contributed by atoms with E-state index in [4.69, 9.17) is 11.5 Å². The van der Waals surface area contributed by atoms with E-state index in [9.17, 15) is 14.7 Å². The number of carbonyl (C=O) groups is 2. The minimum atomic E-state index is -1.17. The first-order valence-corrected chi connectivity index (χ1v) is 8.83. The Morgan fingerprint density at radius 1 is 1.08 bits per heavy atom. The second kappa shape index (κ2) is 7.30. The van der Waals surface area contributed by atoms with Gasteiger partial charge in [-0.15, -0.1) is 0 Å². The summed E-state index contributed by atoms with van der Waals surface area (Å²) in [6.45, 7) is 0. The molecule has 0 fully saturated rings. The second-order valence-corrected chi connectivity index (χ2v) is 7.11. The van der Waals surface area contributed by atoms with Crippen molar-refractivity contribution in [2.75, 3.05) is 0 Å². The molecule has 0 radical (unpaired) electrons. The van der Waals surface area contributed by atoms with Gasteiger partial charge >= 0.3 is 0 Å². The maximum Gasteiger partial charge on any atom is 0.226 e. The number of hydrogen-bond donors (Lipinski definition) is 3. The minimum absolute atomic E-state index is 0.122. The Balaban J connectivity index is 1.82. The third-order valence-corrected chi connectivity index (χ3v) is 5.41. The molecule has 3 atom stereocenters. The molecule has 0 bridgehead atoms. The Morgan fingerprint density at radius 2 is 1.73 bits per heavy atom. The number of aliphatic hydroxyl groups excluding tert-OH is 1. The smallest absolute Gasteiger partial charge is 0.226 e. The molecule has 26 heavy (non-hydrogen) atoms. The molecular formula is C21H24N2O3. The summed E-state index contributed by atoms with van der Waals surface area (Å²) < 4.78 is 0. The van der Waals surface area contributed by atoms with Gasteiger partial charge in [0.15, 0.2) is 0 Å². The van der Waals surface area contributed by atoms with Crippen molar-refractivity contribution >= 4 is 11.8 Å². The van der Waals surface area contributed by atoms with E-state index in [1.165, 1.54) is 0 Å². The lowest BCUT2D eigenvalue weighted by molar-refractivity contribution is -0.136. The number of aryl methyl sites for hydroxylation is 1. The summed E-state index contributed by atoms with van der Waals surface area (Å²) in [5.74, 6) is -1.97. The third-order valence-electron chi connectivity index (χ3n) is 5.41. The summed E-state index contributed by atoms with van der Waals surface area (Å²) >= 11 is 0. The van der Waals surface area contributed by atoms with Gasteiger partial charge in [0.2, 0.25) is 11.8 Å². The van der Waals surface area contributed by atoms with Crippen molar-refractivity contribution < 1.29 is 14.7 Å². The highest BCUT2D eigenvalue weighted by Gasteiger charge is 2.53. The van der Waals surface area contributed by atoms with E-state index in [1.54, 1.807) is 0 Å². The Kier molecular flexibility index (Phi) is 5.09. The normalized spacial score (nSPS) is 22.6. The summed E-state index contributed by atoms with van der Waals surface area (Å²) in [5.41, 5.74) is 13.0. The molecule has 2 aromatic rings. The molecule has 0 saturated carbocycles. The highest BCUT2D eigenvalue weighted by atomic mass is 16.3. The molecule has 1 aliphatic rings. The van der Waals surface area contributed by atoms with Crippen molar-refractivity contribution in [2.45, 2.75) is 37.7 Å². The largest absolute Gasteiger partial charge is 0.393 e. The molecule has 3 rings (SSSR count). The van der Waals surface area contributed by atoms with Crippen molar-refractivity contribution in [1.82, 2.24) is 0 Å². The summed E-state index contributed by atoms with van der Waals surface area (Å²) in [6, 6.07) is 17.2. The first-order valence-electron chi connectivity index (χ1n) is 8.83. The molecule has 5 nitrogen and oxygen atoms in total. The van der Waals surface area contributed by atoms with Crippen molar-refractivity contribution in [2.24, 2.45) is 16.9 Å². The summed E-state index contributed by atoms with van der Waals surface area (Å²) in [6.07, 6.45) is 0.872. The van der Waals surface area contributed by atoms with Crippen LogP contribution in [0.3, 0.4) is 0 Å². The highest BCUT2D eigenvalue weighted by molar-refractivity contribution is 5.94. The Hall–Kier alpha value is -2.66. The van der Waals surface area contributed by atoms with E-state index in [-0.39, 0.29) is 6.42 Å². The third kappa shape index (κ3) is 3.35. The summed E-state index contributed by atoms with van der Waals surface area (Å²) in [7, 11) is 0. The number of rotatable bonds is 7. The van der Waals surface area contributed by atoms with E-state index in [1.807, 2.05) is 54.6 Å². The lowest BCUT2D eigenvalue weighted by Crippen LogP contribution is -2.47. The van der Waals surface area contributed by atoms with Crippen LogP contribution in [-0.4, -0.2) is 23.0 Å². The average Bonchev–Trinajstić information content (AvgIpc) is 2.96. The molecule has 2 amide bonds. The van der Waals surface area contributed by atoms with Gasteiger partial charge in [0.1, 0.15) is 0 Å². The van der Waals surface area contributed by atoms with Crippen LogP contribution < -0.4 is 11.5 Å². The number of amides is 2. The number of hydrogen-bond acceptors (Lipinski definition) is 3. The van der Waals surface area contributed by atoms with Gasteiger partial charge in [-0.1, -0.05) is 54.6 Å². The molecule has 0 spiro atoms. The second-order valence-electron chi connectivity index (χ2n) is 7.11. The first-order chi connectivity index (χ1) is 12.4. The van der Waals surface area contributed by atoms with Crippen LogP contribution in [-0.2, 0) is 22.4 Å². The monoisotopic (exact) mass is 352 g/mol. The van der Waals surface area contributed by atoms with Crippen LogP contribution in [0.15, 0.2) is 54.6 Å². The topological polar surface area (TPSA) is 106 Å². The zero-order chi connectivity index (χ0) is 18.7. The maximum absolute atomic E-state index is 12.4. The summed E-state index contributed by atoms with van der Waals surface area (Å²) in [4.78, 5) is 24.6. The van der Waals surface area contributed by atoms with Gasteiger partial charge in [-0.2, -0.15) is 0 Å². The van der Waals surface area contributed by atoms with E-state index in [0.29, 0.717) is 19.3 Å². The van der Waals surface area contributed by atoms with Crippen LogP contribution in [0, 0.1) is 5.41 Å². The van der Waals surface area contributed by atoms with Crippen LogP contribution in [0.5, 0.6) is 0 Å². The van der Waals surface area contributed by atoms with Crippen molar-refractivity contribution in [3.8, 4) is 0 Å². The van der Waals surface area contributed by atoms with Gasteiger partial charge in [0.25, 0.3) is 0 Å². The Morgan fingerprint density at radius 3 is 2.38 bits per heavy atom. The fourth-order valence-corrected chi connectivity index (χ4v) is 4.16. The number of fused-ring (bicyclic) bond motifs is 1. The van der Waals surface area contributed by atoms with Crippen LogP contribution in [0.2, 0.25) is 0 Å². The average molecular weight is 352 g/mol. The quantitative estimate of drug-likeness (QED) is 0.705. The number of nitrogens with two attached hydrogens (primary N) is 2. The number of benzene rings is 2. The minimum Gasteiger partial charge on any atom is -0.393 e. The molecule has 0 heterocycles. The van der Waals surface area contributed by atoms with E-state index in [2.05, 4.69) is 0 Å². The van der Waals surface area contributed by atoms with Crippen LogP contribution in [0.4, 0.5) is 0 Å². The number of carbonyl (C=O) groups excluding carboxylic acids is 2. The first kappa shape index (κ1) is 18.1. The van der Waals surface area contributed by atoms with Gasteiger partial charge in [0.05, 0.1) is 17.4 Å². The lowest BCUT2D eigenvalue weighted by atomic mass is 9.70. The van der Waals surface area contributed by atoms with Crippen molar-refractivity contribution in [1.29, 1.82) is 0 Å². The van der Waals surface area contributed by atoms with Crippen LogP contribution in [0.1, 0.15) is 35.4 Å². The Bertz CT molecular complexity index is 806. The molecule has 2 aromatic carbocycles. The van der Waals surface area contributed by atoms with Gasteiger partial charge < -0.3 is 16.6 Å². The summed E-state index contributed by atoms with van der Waals surface area (Å²) in [5, 5.41) is 10.6. The van der Waals surface area contributed by atoms with E-state index < -0.39 is 29.3 Å². The van der Waals surface area contributed by atoms with E-state index in [0.717, 1.165) is 16.7 Å².